The van der Waals surface area contributed by atoms with Crippen LogP contribution in [0.5, 0.6) is 5.75 Å². The third-order valence-corrected chi connectivity index (χ3v) is 2.56. The highest BCUT2D eigenvalue weighted by molar-refractivity contribution is 9.10. The van der Waals surface area contributed by atoms with E-state index < -0.39 is 0 Å². The monoisotopic (exact) mass is 298 g/mol. The average Bonchev–Trinajstić information content (AvgIpc) is 2.34. The van der Waals surface area contributed by atoms with E-state index in [9.17, 15) is 4.79 Å². The van der Waals surface area contributed by atoms with Crippen LogP contribution in [0.3, 0.4) is 0 Å². The minimum Gasteiger partial charge on any atom is -0.482 e. The highest BCUT2D eigenvalue weighted by Crippen LogP contribution is 2.28. The lowest BCUT2D eigenvalue weighted by atomic mass is 10.2. The minimum absolute atomic E-state index is 0.0506. The van der Waals surface area contributed by atoms with Gasteiger partial charge in [-0.1, -0.05) is 12.1 Å². The zero-order valence-electron chi connectivity index (χ0n) is 8.94. The molecule has 6 heteroatoms. The summed E-state index contributed by atoms with van der Waals surface area (Å²) in [7, 11) is 0. The van der Waals surface area contributed by atoms with Gasteiger partial charge in [-0.05, 0) is 22.0 Å². The second-order valence-electron chi connectivity index (χ2n) is 3.11. The van der Waals surface area contributed by atoms with Crippen LogP contribution in [0.25, 0.3) is 0 Å². The number of halogens is 1. The molecule has 0 fully saturated rings. The molecule has 5 nitrogen and oxygen atoms in total. The second kappa shape index (κ2) is 6.89. The van der Waals surface area contributed by atoms with E-state index in [1.807, 2.05) is 0 Å². The zero-order chi connectivity index (χ0) is 12.7. The molecule has 0 aliphatic rings. The molecule has 0 aliphatic carbocycles. The van der Waals surface area contributed by atoms with Gasteiger partial charge in [0.1, 0.15) is 12.3 Å². The summed E-state index contributed by atoms with van der Waals surface area (Å²) in [5.74, 6) is 0.0494. The summed E-state index contributed by atoms with van der Waals surface area (Å²) in [4.78, 5) is 11.2. The fourth-order valence-electron chi connectivity index (χ4n) is 1.17. The van der Waals surface area contributed by atoms with Gasteiger partial charge in [-0.2, -0.15) is 5.26 Å². The van der Waals surface area contributed by atoms with Gasteiger partial charge < -0.3 is 15.2 Å². The van der Waals surface area contributed by atoms with E-state index in [0.29, 0.717) is 15.8 Å². The Morgan fingerprint density at radius 3 is 3.00 bits per heavy atom. The number of nitriles is 1. The van der Waals surface area contributed by atoms with Gasteiger partial charge in [0, 0.05) is 5.56 Å². The molecule has 17 heavy (non-hydrogen) atoms. The maximum Gasteiger partial charge on any atom is 0.258 e. The lowest BCUT2D eigenvalue weighted by molar-refractivity contribution is -0.122. The van der Waals surface area contributed by atoms with Gasteiger partial charge >= 0.3 is 0 Å². The molecule has 0 spiro atoms. The normalized spacial score (nSPS) is 9.47. The third-order valence-electron chi connectivity index (χ3n) is 1.93. The summed E-state index contributed by atoms with van der Waals surface area (Å²) < 4.78 is 5.95. The molecule has 0 atom stereocenters. The number of hydrogen-bond acceptors (Lipinski definition) is 4. The molecule has 0 aromatic heterocycles. The van der Waals surface area contributed by atoms with Gasteiger partial charge in [-0.15, -0.1) is 0 Å². The molecule has 0 radical (unpaired) electrons. The topological polar surface area (TPSA) is 82.4 Å². The van der Waals surface area contributed by atoms with Crippen LogP contribution < -0.4 is 10.1 Å². The Labute approximate surface area is 107 Å². The number of para-hydroxylation sites is 1. The number of benzene rings is 1. The van der Waals surface area contributed by atoms with Crippen molar-refractivity contribution in [3.05, 3.63) is 28.2 Å². The summed E-state index contributed by atoms with van der Waals surface area (Å²) in [5, 5.41) is 19.7. The molecule has 0 aliphatic heterocycles. The Bertz CT molecular complexity index is 443. The van der Waals surface area contributed by atoms with Crippen molar-refractivity contribution in [1.29, 1.82) is 5.26 Å². The SMILES string of the molecule is N#CCNC(=O)COc1c(Br)cccc1CO. The van der Waals surface area contributed by atoms with E-state index in [0.717, 1.165) is 0 Å². The van der Waals surface area contributed by atoms with Gasteiger partial charge in [0.2, 0.25) is 0 Å². The molecular weight excluding hydrogens is 288 g/mol. The molecule has 1 amide bonds. The molecule has 1 aromatic carbocycles. The Hall–Kier alpha value is -1.58. The first-order valence-corrected chi connectivity index (χ1v) is 5.63. The van der Waals surface area contributed by atoms with Crippen LogP contribution >= 0.6 is 15.9 Å². The summed E-state index contributed by atoms with van der Waals surface area (Å²) in [6.45, 7) is -0.420. The van der Waals surface area contributed by atoms with E-state index >= 15 is 0 Å². The number of carbonyl (C=O) groups is 1. The predicted molar refractivity (Wildman–Crippen MR) is 64.2 cm³/mol. The second-order valence-corrected chi connectivity index (χ2v) is 3.96. The van der Waals surface area contributed by atoms with Crippen LogP contribution in [0.2, 0.25) is 0 Å². The number of hydrogen-bond donors (Lipinski definition) is 2. The summed E-state index contributed by atoms with van der Waals surface area (Å²) >= 11 is 3.27. The first-order chi connectivity index (χ1) is 8.19. The quantitative estimate of drug-likeness (QED) is 0.793. The number of aliphatic hydroxyl groups excluding tert-OH is 1. The number of amides is 1. The van der Waals surface area contributed by atoms with Crippen molar-refractivity contribution in [3.8, 4) is 11.8 Å². The van der Waals surface area contributed by atoms with Crippen molar-refractivity contribution in [1.82, 2.24) is 5.32 Å². The Morgan fingerprint density at radius 2 is 2.35 bits per heavy atom. The van der Waals surface area contributed by atoms with Crippen LogP contribution in [0.4, 0.5) is 0 Å². The van der Waals surface area contributed by atoms with E-state index in [1.165, 1.54) is 0 Å². The lowest BCUT2D eigenvalue weighted by Gasteiger charge is -2.11. The number of carbonyl (C=O) groups excluding carboxylic acids is 1. The largest absolute Gasteiger partial charge is 0.482 e. The van der Waals surface area contributed by atoms with Crippen LogP contribution in [-0.4, -0.2) is 24.2 Å². The lowest BCUT2D eigenvalue weighted by Crippen LogP contribution is -2.29. The number of ether oxygens (including phenoxy) is 1. The maximum absolute atomic E-state index is 11.2. The minimum atomic E-state index is -0.383. The van der Waals surface area contributed by atoms with Crippen LogP contribution in [0.1, 0.15) is 5.56 Å². The summed E-state index contributed by atoms with van der Waals surface area (Å²) in [6, 6.07) is 7.01. The van der Waals surface area contributed by atoms with E-state index in [2.05, 4.69) is 21.2 Å². The predicted octanol–water partition coefficient (Wildman–Crippen LogP) is 0.960. The van der Waals surface area contributed by atoms with E-state index in [-0.39, 0.29) is 25.7 Å². The molecule has 0 bridgehead atoms. The van der Waals surface area contributed by atoms with Crippen LogP contribution in [0.15, 0.2) is 22.7 Å². The van der Waals surface area contributed by atoms with E-state index in [4.69, 9.17) is 15.1 Å². The molecular formula is C11H11BrN2O3. The van der Waals surface area contributed by atoms with Gasteiger partial charge in [-0.3, -0.25) is 4.79 Å². The maximum atomic E-state index is 11.2. The van der Waals surface area contributed by atoms with Crippen molar-refractivity contribution < 1.29 is 14.6 Å². The smallest absolute Gasteiger partial charge is 0.258 e. The molecule has 0 saturated heterocycles. The summed E-state index contributed by atoms with van der Waals surface area (Å²) in [5.41, 5.74) is 0.590. The fraction of sp³-hybridized carbons (Fsp3) is 0.273. The molecule has 0 saturated carbocycles. The Balaban J connectivity index is 2.63. The zero-order valence-corrected chi connectivity index (χ0v) is 10.5. The standard InChI is InChI=1S/C11H11BrN2O3/c12-9-3-1-2-8(6-15)11(9)17-7-10(16)14-5-4-13/h1-3,15H,5-7H2,(H,14,16). The van der Waals surface area contributed by atoms with E-state index in [1.54, 1.807) is 24.3 Å². The van der Waals surface area contributed by atoms with Gasteiger partial charge in [-0.25, -0.2) is 0 Å². The number of nitrogens with zero attached hydrogens (tertiary/aromatic N) is 1. The molecule has 0 heterocycles. The van der Waals surface area contributed by atoms with Crippen molar-refractivity contribution >= 4 is 21.8 Å². The number of rotatable bonds is 5. The average molecular weight is 299 g/mol. The molecule has 0 unspecified atom stereocenters. The van der Waals surface area contributed by atoms with Gasteiger partial charge in [0.15, 0.2) is 6.61 Å². The molecule has 1 aromatic rings. The molecule has 2 N–H and O–H groups in total. The van der Waals surface area contributed by atoms with Crippen LogP contribution in [0, 0.1) is 11.3 Å². The third kappa shape index (κ3) is 4.06. The van der Waals surface area contributed by atoms with Crippen molar-refractivity contribution in [2.45, 2.75) is 6.61 Å². The van der Waals surface area contributed by atoms with Crippen LogP contribution in [-0.2, 0) is 11.4 Å². The Morgan fingerprint density at radius 1 is 1.59 bits per heavy atom. The van der Waals surface area contributed by atoms with Crippen molar-refractivity contribution in [2.75, 3.05) is 13.2 Å². The number of aliphatic hydroxyl groups is 1. The molecule has 1 rings (SSSR count). The fourth-order valence-corrected chi connectivity index (χ4v) is 1.69. The van der Waals surface area contributed by atoms with Crippen molar-refractivity contribution in [3.63, 3.8) is 0 Å². The number of nitrogens with one attached hydrogen (secondary N) is 1. The first kappa shape index (κ1) is 13.5. The molecule has 90 valence electrons. The summed E-state index contributed by atoms with van der Waals surface area (Å²) in [6.07, 6.45) is 0. The Kier molecular flexibility index (Phi) is 5.46. The van der Waals surface area contributed by atoms with Crippen molar-refractivity contribution in [2.24, 2.45) is 0 Å². The first-order valence-electron chi connectivity index (χ1n) is 4.83. The van der Waals surface area contributed by atoms with Gasteiger partial charge in [0.25, 0.3) is 5.91 Å². The highest BCUT2D eigenvalue weighted by atomic mass is 79.9. The highest BCUT2D eigenvalue weighted by Gasteiger charge is 2.09. The van der Waals surface area contributed by atoms with Gasteiger partial charge in [0.05, 0.1) is 17.1 Å².